The van der Waals surface area contributed by atoms with Gasteiger partial charge in [-0.05, 0) is 73.9 Å². The van der Waals surface area contributed by atoms with Crippen molar-refractivity contribution in [1.29, 1.82) is 0 Å². The summed E-state index contributed by atoms with van der Waals surface area (Å²) in [5.41, 5.74) is 5.86. The van der Waals surface area contributed by atoms with Crippen molar-refractivity contribution in [2.75, 3.05) is 13.6 Å². The molecule has 3 heterocycles. The predicted octanol–water partition coefficient (Wildman–Crippen LogP) is 5.46. The molecule has 1 N–H and O–H groups in total. The highest BCUT2D eigenvalue weighted by atomic mass is 19.1. The summed E-state index contributed by atoms with van der Waals surface area (Å²) in [6, 6.07) is 19.5. The van der Waals surface area contributed by atoms with E-state index in [1.807, 2.05) is 48.0 Å². The third-order valence-corrected chi connectivity index (χ3v) is 6.25. The van der Waals surface area contributed by atoms with Gasteiger partial charge in [-0.25, -0.2) is 9.37 Å². The molecular formula is C29H28FN5O2. The maximum Gasteiger partial charge on any atom is 0.253 e. The van der Waals surface area contributed by atoms with Gasteiger partial charge < -0.3 is 14.0 Å². The molecule has 188 valence electrons. The summed E-state index contributed by atoms with van der Waals surface area (Å²) < 4.78 is 21.3. The van der Waals surface area contributed by atoms with E-state index in [1.165, 1.54) is 12.1 Å². The van der Waals surface area contributed by atoms with Crippen LogP contribution in [0.4, 0.5) is 4.39 Å². The molecule has 0 aliphatic heterocycles. The molecule has 3 aromatic heterocycles. The van der Waals surface area contributed by atoms with Crippen molar-refractivity contribution >= 4 is 11.6 Å². The highest BCUT2D eigenvalue weighted by molar-refractivity contribution is 5.94. The topological polar surface area (TPSA) is 75.5 Å². The summed E-state index contributed by atoms with van der Waals surface area (Å²) in [4.78, 5) is 19.2. The summed E-state index contributed by atoms with van der Waals surface area (Å²) in [5, 5.41) is 7.28. The zero-order valence-electron chi connectivity index (χ0n) is 20.8. The maximum atomic E-state index is 13.5. The molecule has 0 saturated heterocycles. The molecule has 0 radical (unpaired) electrons. The van der Waals surface area contributed by atoms with E-state index in [4.69, 9.17) is 4.74 Å². The fourth-order valence-electron chi connectivity index (χ4n) is 4.24. The molecule has 5 rings (SSSR count). The minimum Gasteiger partial charge on any atom is -0.487 e. The quantitative estimate of drug-likeness (QED) is 0.294. The van der Waals surface area contributed by atoms with E-state index in [0.717, 1.165) is 41.0 Å². The number of imidazole rings is 1. The molecule has 2 aromatic carbocycles. The minimum atomic E-state index is -0.288. The van der Waals surface area contributed by atoms with Crippen molar-refractivity contribution in [3.63, 3.8) is 0 Å². The highest BCUT2D eigenvalue weighted by Gasteiger charge is 2.13. The zero-order valence-corrected chi connectivity index (χ0v) is 20.8. The largest absolute Gasteiger partial charge is 0.487 e. The number of rotatable bonds is 9. The van der Waals surface area contributed by atoms with E-state index in [9.17, 15) is 9.18 Å². The molecule has 0 spiro atoms. The van der Waals surface area contributed by atoms with E-state index >= 15 is 0 Å². The fourth-order valence-corrected chi connectivity index (χ4v) is 4.24. The molecule has 7 nitrogen and oxygen atoms in total. The lowest BCUT2D eigenvalue weighted by Crippen LogP contribution is -2.28. The Morgan fingerprint density at radius 2 is 1.95 bits per heavy atom. The standard InChI is InChI=1S/C29H28FN5O2/c1-20-6-4-15-35-18-25(31-28(20)35)19-37-26-12-10-21(11-13-26)29(36)34(2)14-5-9-24-17-27(33-32-24)22-7-3-8-23(30)16-22/h3-4,6-8,10-13,15-18H,5,9,14,19H2,1-2H3,(H,32,33). The number of amides is 1. The number of aromatic amines is 1. The number of nitrogens with zero attached hydrogens (tertiary/aromatic N) is 4. The molecule has 0 aliphatic carbocycles. The van der Waals surface area contributed by atoms with Crippen LogP contribution in [-0.2, 0) is 13.0 Å². The predicted molar refractivity (Wildman–Crippen MR) is 140 cm³/mol. The van der Waals surface area contributed by atoms with Crippen molar-refractivity contribution in [3.05, 3.63) is 107 Å². The van der Waals surface area contributed by atoms with Gasteiger partial charge in [0.05, 0.1) is 11.4 Å². The number of fused-ring (bicyclic) bond motifs is 1. The maximum absolute atomic E-state index is 13.5. The van der Waals surface area contributed by atoms with Crippen LogP contribution >= 0.6 is 0 Å². The second-order valence-corrected chi connectivity index (χ2v) is 9.09. The van der Waals surface area contributed by atoms with Crippen LogP contribution in [0.3, 0.4) is 0 Å². The number of H-pyrrole nitrogens is 1. The second-order valence-electron chi connectivity index (χ2n) is 9.09. The van der Waals surface area contributed by atoms with Crippen molar-refractivity contribution in [2.45, 2.75) is 26.4 Å². The lowest BCUT2D eigenvalue weighted by Gasteiger charge is -2.17. The van der Waals surface area contributed by atoms with Gasteiger partial charge in [-0.1, -0.05) is 18.2 Å². The summed E-state index contributed by atoms with van der Waals surface area (Å²) in [7, 11) is 1.79. The van der Waals surface area contributed by atoms with E-state index < -0.39 is 0 Å². The Kier molecular flexibility index (Phi) is 6.98. The molecule has 0 saturated carbocycles. The summed E-state index contributed by atoms with van der Waals surface area (Å²) in [6.07, 6.45) is 5.43. The van der Waals surface area contributed by atoms with Crippen LogP contribution in [-0.4, -0.2) is 44.0 Å². The lowest BCUT2D eigenvalue weighted by molar-refractivity contribution is 0.0793. The smallest absolute Gasteiger partial charge is 0.253 e. The first-order valence-corrected chi connectivity index (χ1v) is 12.2. The van der Waals surface area contributed by atoms with Gasteiger partial charge >= 0.3 is 0 Å². The number of nitrogens with one attached hydrogen (secondary N) is 1. The Morgan fingerprint density at radius 3 is 2.73 bits per heavy atom. The molecule has 0 aliphatic rings. The number of aromatic nitrogens is 4. The van der Waals surface area contributed by atoms with Crippen molar-refractivity contribution < 1.29 is 13.9 Å². The van der Waals surface area contributed by atoms with E-state index in [2.05, 4.69) is 15.2 Å². The Bertz CT molecular complexity index is 1520. The summed E-state index contributed by atoms with van der Waals surface area (Å²) in [6.45, 7) is 2.98. The molecule has 0 atom stereocenters. The van der Waals surface area contributed by atoms with Crippen molar-refractivity contribution in [3.8, 4) is 17.0 Å². The summed E-state index contributed by atoms with van der Waals surface area (Å²) >= 11 is 0. The van der Waals surface area contributed by atoms with Crippen LogP contribution in [0, 0.1) is 12.7 Å². The Morgan fingerprint density at radius 1 is 1.11 bits per heavy atom. The molecule has 1 amide bonds. The van der Waals surface area contributed by atoms with E-state index in [0.29, 0.717) is 30.2 Å². The Labute approximate surface area is 214 Å². The lowest BCUT2D eigenvalue weighted by atomic mass is 10.1. The van der Waals surface area contributed by atoms with Gasteiger partial charge in [0.2, 0.25) is 0 Å². The first-order chi connectivity index (χ1) is 18.0. The van der Waals surface area contributed by atoms with Crippen LogP contribution in [0.15, 0.2) is 79.1 Å². The van der Waals surface area contributed by atoms with Gasteiger partial charge in [0.1, 0.15) is 23.8 Å². The first kappa shape index (κ1) is 24.2. The first-order valence-electron chi connectivity index (χ1n) is 12.2. The van der Waals surface area contributed by atoms with Crippen molar-refractivity contribution in [1.82, 2.24) is 24.5 Å². The molecule has 0 bridgehead atoms. The Balaban J connectivity index is 1.10. The third-order valence-electron chi connectivity index (χ3n) is 6.25. The molecule has 0 unspecified atom stereocenters. The minimum absolute atomic E-state index is 0.0487. The fraction of sp³-hybridized carbons (Fsp3) is 0.207. The number of halogens is 1. The van der Waals surface area contributed by atoms with Crippen LogP contribution in [0.25, 0.3) is 16.9 Å². The monoisotopic (exact) mass is 497 g/mol. The number of ether oxygens (including phenoxy) is 1. The third kappa shape index (κ3) is 5.69. The Hall–Kier alpha value is -4.46. The number of benzene rings is 2. The van der Waals surface area contributed by atoms with E-state index in [-0.39, 0.29) is 11.7 Å². The second kappa shape index (κ2) is 10.7. The van der Waals surface area contributed by atoms with Gasteiger partial charge in [-0.3, -0.25) is 9.89 Å². The van der Waals surface area contributed by atoms with Gasteiger partial charge in [0.15, 0.2) is 0 Å². The highest BCUT2D eigenvalue weighted by Crippen LogP contribution is 2.20. The van der Waals surface area contributed by atoms with Gasteiger partial charge in [-0.15, -0.1) is 0 Å². The normalized spacial score (nSPS) is 11.1. The average molecular weight is 498 g/mol. The molecular weight excluding hydrogens is 469 g/mol. The zero-order chi connectivity index (χ0) is 25.8. The molecule has 37 heavy (non-hydrogen) atoms. The number of aryl methyl sites for hydroxylation is 2. The van der Waals surface area contributed by atoms with Crippen LogP contribution in [0.1, 0.15) is 33.7 Å². The average Bonchev–Trinajstić information content (AvgIpc) is 3.55. The number of hydrogen-bond donors (Lipinski definition) is 1. The number of carbonyl (C=O) groups excluding carboxylic acids is 1. The summed E-state index contributed by atoms with van der Waals surface area (Å²) in [5.74, 6) is 0.345. The van der Waals surface area contributed by atoms with Crippen LogP contribution in [0.5, 0.6) is 5.75 Å². The van der Waals surface area contributed by atoms with Crippen LogP contribution in [0.2, 0.25) is 0 Å². The van der Waals surface area contributed by atoms with Crippen molar-refractivity contribution in [2.24, 2.45) is 0 Å². The number of hydrogen-bond acceptors (Lipinski definition) is 4. The van der Waals surface area contributed by atoms with Gasteiger partial charge in [0.25, 0.3) is 5.91 Å². The molecule has 0 fully saturated rings. The molecule has 8 heteroatoms. The molecule has 5 aromatic rings. The SMILES string of the molecule is Cc1cccn2cc(COc3ccc(C(=O)N(C)CCCc4cc(-c5cccc(F)c5)n[nH]4)cc3)nc12. The van der Waals surface area contributed by atoms with Gasteiger partial charge in [-0.2, -0.15) is 5.10 Å². The van der Waals surface area contributed by atoms with Gasteiger partial charge in [0, 0.05) is 42.8 Å². The number of carbonyl (C=O) groups is 1. The van der Waals surface area contributed by atoms with Crippen LogP contribution < -0.4 is 4.74 Å². The van der Waals surface area contributed by atoms with E-state index in [1.54, 1.807) is 42.3 Å². The number of pyridine rings is 1.